The number of amides is 1. The fourth-order valence-corrected chi connectivity index (χ4v) is 4.22. The van der Waals surface area contributed by atoms with E-state index in [0.717, 1.165) is 35.3 Å². The third-order valence-corrected chi connectivity index (χ3v) is 6.34. The van der Waals surface area contributed by atoms with Crippen molar-refractivity contribution in [3.63, 3.8) is 0 Å². The van der Waals surface area contributed by atoms with E-state index in [9.17, 15) is 4.79 Å². The summed E-state index contributed by atoms with van der Waals surface area (Å²) in [7, 11) is 0. The Labute approximate surface area is 229 Å². The first kappa shape index (κ1) is 27.6. The highest BCUT2D eigenvalue weighted by molar-refractivity contribution is 5.85. The van der Waals surface area contributed by atoms with Gasteiger partial charge in [-0.25, -0.2) is 0 Å². The predicted molar refractivity (Wildman–Crippen MR) is 154 cm³/mol. The number of H-pyrrole nitrogens is 1. The first-order chi connectivity index (χ1) is 19.0. The van der Waals surface area contributed by atoms with Crippen molar-refractivity contribution in [3.8, 4) is 16.9 Å². The van der Waals surface area contributed by atoms with E-state index in [2.05, 4.69) is 81.6 Å². The zero-order chi connectivity index (χ0) is 27.5. The summed E-state index contributed by atoms with van der Waals surface area (Å²) in [6, 6.07) is 25.8. The summed E-state index contributed by atoms with van der Waals surface area (Å²) in [6.45, 7) is 7.21. The number of anilines is 2. The highest BCUT2D eigenvalue weighted by atomic mass is 16.5. The van der Waals surface area contributed by atoms with Crippen LogP contribution in [0.5, 0.6) is 5.75 Å². The third kappa shape index (κ3) is 8.56. The van der Waals surface area contributed by atoms with E-state index < -0.39 is 0 Å². The summed E-state index contributed by atoms with van der Waals surface area (Å²) < 4.78 is 5.67. The van der Waals surface area contributed by atoms with Crippen LogP contribution in [0.1, 0.15) is 39.4 Å². The molecule has 3 aromatic carbocycles. The molecule has 9 heteroatoms. The zero-order valence-electron chi connectivity index (χ0n) is 22.7. The lowest BCUT2D eigenvalue weighted by atomic mass is 10.0. The van der Waals surface area contributed by atoms with Gasteiger partial charge in [0.1, 0.15) is 11.8 Å². The summed E-state index contributed by atoms with van der Waals surface area (Å²) >= 11 is 0. The molecule has 0 saturated heterocycles. The normalized spacial score (nSPS) is 12.5. The van der Waals surface area contributed by atoms with Gasteiger partial charge < -0.3 is 20.7 Å². The molecule has 1 aromatic heterocycles. The Kier molecular flexibility index (Phi) is 9.88. The molecule has 1 amide bonds. The van der Waals surface area contributed by atoms with Crippen LogP contribution in [0.2, 0.25) is 0 Å². The van der Waals surface area contributed by atoms with Crippen LogP contribution in [0, 0.1) is 5.92 Å². The summed E-state index contributed by atoms with van der Waals surface area (Å²) in [4.78, 5) is 13.4. The standard InChI is InChI=1S/C30H37N7O2/c1-4-24(19-31-25-13-15-27(16-14-25)39-20-29-34-36-37-35-29)33-30(38)28(17-21(2)3)32-26-12-8-11-23(18-26)22-9-6-5-7-10-22/h5-16,18,21,24,28,31-32H,4,17,19-20H2,1-3H3,(H,33,38)(H,34,35,36,37)/t24-,28-/m0/s1. The van der Waals surface area contributed by atoms with Crippen LogP contribution in [0.4, 0.5) is 11.4 Å². The molecule has 4 aromatic rings. The number of tetrazole rings is 1. The van der Waals surface area contributed by atoms with Crippen molar-refractivity contribution in [1.29, 1.82) is 0 Å². The number of nitrogens with one attached hydrogen (secondary N) is 4. The average Bonchev–Trinajstić information content (AvgIpc) is 3.48. The molecule has 39 heavy (non-hydrogen) atoms. The molecule has 4 N–H and O–H groups in total. The van der Waals surface area contributed by atoms with Crippen LogP contribution >= 0.6 is 0 Å². The van der Waals surface area contributed by atoms with Crippen LogP contribution < -0.4 is 20.7 Å². The van der Waals surface area contributed by atoms with Crippen molar-refractivity contribution in [1.82, 2.24) is 25.9 Å². The molecule has 0 bridgehead atoms. The fourth-order valence-electron chi connectivity index (χ4n) is 4.22. The monoisotopic (exact) mass is 527 g/mol. The molecule has 0 saturated carbocycles. The maximum absolute atomic E-state index is 13.4. The Hall–Kier alpha value is -4.40. The molecule has 0 radical (unpaired) electrons. The van der Waals surface area contributed by atoms with Crippen molar-refractivity contribution in [2.24, 2.45) is 5.92 Å². The molecule has 9 nitrogen and oxygen atoms in total. The molecule has 204 valence electrons. The quantitative estimate of drug-likeness (QED) is 0.176. The topological polar surface area (TPSA) is 117 Å². The lowest BCUT2D eigenvalue weighted by Crippen LogP contribution is -2.47. The zero-order valence-corrected chi connectivity index (χ0v) is 22.7. The van der Waals surface area contributed by atoms with Gasteiger partial charge in [0.2, 0.25) is 11.7 Å². The van der Waals surface area contributed by atoms with Gasteiger partial charge in [-0.15, -0.1) is 10.2 Å². The molecule has 4 rings (SSSR count). The number of ether oxygens (including phenoxy) is 1. The van der Waals surface area contributed by atoms with E-state index in [1.54, 1.807) is 0 Å². The van der Waals surface area contributed by atoms with Crippen LogP contribution in [0.3, 0.4) is 0 Å². The number of hydrogen-bond acceptors (Lipinski definition) is 7. The molecular weight excluding hydrogens is 490 g/mol. The second kappa shape index (κ2) is 13.9. The molecule has 0 unspecified atom stereocenters. The number of carbonyl (C=O) groups is 1. The highest BCUT2D eigenvalue weighted by Crippen LogP contribution is 2.24. The van der Waals surface area contributed by atoms with Crippen LogP contribution in [-0.4, -0.2) is 45.2 Å². The second-order valence-corrected chi connectivity index (χ2v) is 9.91. The number of aromatic nitrogens is 4. The minimum absolute atomic E-state index is 0.00711. The first-order valence-corrected chi connectivity index (χ1v) is 13.4. The Morgan fingerprint density at radius 1 is 0.949 bits per heavy atom. The van der Waals surface area contributed by atoms with Crippen LogP contribution in [0.15, 0.2) is 78.9 Å². The molecule has 0 aliphatic rings. The SMILES string of the molecule is CC[C@@H](CNc1ccc(OCc2nn[nH]n2)cc1)NC(=O)[C@H](CC(C)C)Nc1cccc(-c2ccccc2)c1. The Morgan fingerprint density at radius 2 is 1.72 bits per heavy atom. The van der Waals surface area contributed by atoms with Gasteiger partial charge in [0.15, 0.2) is 6.61 Å². The van der Waals surface area contributed by atoms with Gasteiger partial charge in [-0.3, -0.25) is 4.79 Å². The van der Waals surface area contributed by atoms with Gasteiger partial charge in [-0.2, -0.15) is 5.21 Å². The van der Waals surface area contributed by atoms with Gasteiger partial charge in [0, 0.05) is 24.0 Å². The largest absolute Gasteiger partial charge is 0.485 e. The summed E-state index contributed by atoms with van der Waals surface area (Å²) in [5, 5.41) is 23.8. The van der Waals surface area contributed by atoms with Crippen molar-refractivity contribution < 1.29 is 9.53 Å². The molecule has 0 aliphatic heterocycles. The van der Waals surface area contributed by atoms with Crippen LogP contribution in [0.25, 0.3) is 11.1 Å². The predicted octanol–water partition coefficient (Wildman–Crippen LogP) is 5.28. The first-order valence-electron chi connectivity index (χ1n) is 13.4. The van der Waals surface area contributed by atoms with E-state index in [4.69, 9.17) is 4.74 Å². The summed E-state index contributed by atoms with van der Waals surface area (Å²) in [5.74, 6) is 1.58. The highest BCUT2D eigenvalue weighted by Gasteiger charge is 2.22. The molecule has 0 fully saturated rings. The minimum atomic E-state index is -0.333. The number of nitrogens with zero attached hydrogens (tertiary/aromatic N) is 3. The van der Waals surface area contributed by atoms with Crippen molar-refractivity contribution in [2.75, 3.05) is 17.2 Å². The number of aromatic amines is 1. The Balaban J connectivity index is 1.32. The summed E-state index contributed by atoms with van der Waals surface area (Å²) in [5.41, 5.74) is 4.15. The van der Waals surface area contributed by atoms with Crippen molar-refractivity contribution in [2.45, 2.75) is 52.3 Å². The van der Waals surface area contributed by atoms with Crippen molar-refractivity contribution in [3.05, 3.63) is 84.7 Å². The number of benzene rings is 3. The number of carbonyl (C=O) groups excluding carboxylic acids is 1. The van der Waals surface area contributed by atoms with Gasteiger partial charge >= 0.3 is 0 Å². The Bertz CT molecular complexity index is 1280. The van der Waals surface area contributed by atoms with Gasteiger partial charge in [-0.05, 0) is 66.3 Å². The maximum atomic E-state index is 13.4. The Morgan fingerprint density at radius 3 is 2.41 bits per heavy atom. The lowest BCUT2D eigenvalue weighted by Gasteiger charge is -2.25. The molecule has 1 heterocycles. The fraction of sp³-hybridized carbons (Fsp3) is 0.333. The maximum Gasteiger partial charge on any atom is 0.242 e. The van der Waals surface area contributed by atoms with Crippen LogP contribution in [-0.2, 0) is 11.4 Å². The van der Waals surface area contributed by atoms with Gasteiger partial charge in [0.05, 0.1) is 0 Å². The van der Waals surface area contributed by atoms with Crippen molar-refractivity contribution >= 4 is 17.3 Å². The third-order valence-electron chi connectivity index (χ3n) is 6.34. The minimum Gasteiger partial charge on any atom is -0.485 e. The number of hydrogen-bond donors (Lipinski definition) is 4. The van der Waals surface area contributed by atoms with Gasteiger partial charge in [-0.1, -0.05) is 68.4 Å². The lowest BCUT2D eigenvalue weighted by molar-refractivity contribution is -0.122. The molecule has 0 spiro atoms. The van der Waals surface area contributed by atoms with E-state index in [1.807, 2.05) is 54.6 Å². The van der Waals surface area contributed by atoms with E-state index in [0.29, 0.717) is 24.0 Å². The molecule has 2 atom stereocenters. The summed E-state index contributed by atoms with van der Waals surface area (Å²) in [6.07, 6.45) is 1.54. The van der Waals surface area contributed by atoms with E-state index in [-0.39, 0.29) is 24.6 Å². The smallest absolute Gasteiger partial charge is 0.242 e. The molecular formula is C30H37N7O2. The second-order valence-electron chi connectivity index (χ2n) is 9.91. The van der Waals surface area contributed by atoms with E-state index >= 15 is 0 Å². The van der Waals surface area contributed by atoms with E-state index in [1.165, 1.54) is 0 Å². The number of rotatable bonds is 14. The average molecular weight is 528 g/mol. The van der Waals surface area contributed by atoms with Gasteiger partial charge in [0.25, 0.3) is 0 Å². The molecule has 0 aliphatic carbocycles.